The van der Waals surface area contributed by atoms with Crippen molar-refractivity contribution in [3.63, 3.8) is 0 Å². The number of ether oxygens (including phenoxy) is 2. The lowest BCUT2D eigenvalue weighted by molar-refractivity contribution is -0.147. The first kappa shape index (κ1) is 18.7. The van der Waals surface area contributed by atoms with Crippen LogP contribution in [0.5, 0.6) is 5.75 Å². The average Bonchev–Trinajstić information content (AvgIpc) is 2.57. The third-order valence-electron chi connectivity index (χ3n) is 3.23. The number of aryl methyl sites for hydroxylation is 1. The molecule has 0 aliphatic carbocycles. The SMILES string of the molecule is Cc1ccccc1OCCC(=O)OCC(=O)Nc1ccc(F)cc1Cl. The number of amides is 1. The predicted molar refractivity (Wildman–Crippen MR) is 92.3 cm³/mol. The van der Waals surface area contributed by atoms with Gasteiger partial charge >= 0.3 is 5.97 Å². The fraction of sp³-hybridized carbons (Fsp3) is 0.222. The highest BCUT2D eigenvalue weighted by Gasteiger charge is 2.10. The van der Waals surface area contributed by atoms with Crippen LogP contribution in [0.3, 0.4) is 0 Å². The Morgan fingerprint density at radius 1 is 1.20 bits per heavy atom. The second kappa shape index (κ2) is 9.03. The molecule has 0 heterocycles. The summed E-state index contributed by atoms with van der Waals surface area (Å²) < 4.78 is 23.3. The summed E-state index contributed by atoms with van der Waals surface area (Å²) in [5.41, 5.74) is 1.21. The molecule has 0 saturated heterocycles. The second-order valence-corrected chi connectivity index (χ2v) is 5.60. The van der Waals surface area contributed by atoms with Crippen molar-refractivity contribution < 1.29 is 23.5 Å². The van der Waals surface area contributed by atoms with Crippen LogP contribution in [-0.4, -0.2) is 25.1 Å². The molecule has 1 N–H and O–H groups in total. The van der Waals surface area contributed by atoms with Crippen LogP contribution in [0.4, 0.5) is 10.1 Å². The van der Waals surface area contributed by atoms with E-state index in [0.717, 1.165) is 17.7 Å². The number of esters is 1. The van der Waals surface area contributed by atoms with Crippen LogP contribution in [0.15, 0.2) is 42.5 Å². The summed E-state index contributed by atoms with van der Waals surface area (Å²) in [6, 6.07) is 11.0. The van der Waals surface area contributed by atoms with E-state index in [4.69, 9.17) is 21.1 Å². The maximum absolute atomic E-state index is 12.9. The summed E-state index contributed by atoms with van der Waals surface area (Å²) in [6.07, 6.45) is 0.0128. The summed E-state index contributed by atoms with van der Waals surface area (Å²) in [5, 5.41) is 2.50. The topological polar surface area (TPSA) is 64.6 Å². The molecule has 1 amide bonds. The molecule has 7 heteroatoms. The first-order chi connectivity index (χ1) is 12.0. The number of hydrogen-bond donors (Lipinski definition) is 1. The van der Waals surface area contributed by atoms with Crippen molar-refractivity contribution in [2.24, 2.45) is 0 Å². The lowest BCUT2D eigenvalue weighted by Crippen LogP contribution is -2.21. The standard InChI is InChI=1S/C18H17ClFNO4/c1-12-4-2-3-5-16(12)24-9-8-18(23)25-11-17(22)21-15-7-6-13(20)10-14(15)19/h2-7,10H,8-9,11H2,1H3,(H,21,22). The first-order valence-electron chi connectivity index (χ1n) is 7.54. The molecular weight excluding hydrogens is 349 g/mol. The van der Waals surface area contributed by atoms with Gasteiger partial charge in [-0.2, -0.15) is 0 Å². The van der Waals surface area contributed by atoms with E-state index in [2.05, 4.69) is 5.32 Å². The number of rotatable bonds is 7. The highest BCUT2D eigenvalue weighted by molar-refractivity contribution is 6.33. The third kappa shape index (κ3) is 6.08. The van der Waals surface area contributed by atoms with Gasteiger partial charge in [0.1, 0.15) is 11.6 Å². The number of halogens is 2. The van der Waals surface area contributed by atoms with Gasteiger partial charge in [0.05, 0.1) is 23.7 Å². The van der Waals surface area contributed by atoms with E-state index in [0.29, 0.717) is 5.75 Å². The lowest BCUT2D eigenvalue weighted by Gasteiger charge is -2.09. The van der Waals surface area contributed by atoms with Crippen LogP contribution in [0.2, 0.25) is 5.02 Å². The normalized spacial score (nSPS) is 10.2. The zero-order chi connectivity index (χ0) is 18.2. The monoisotopic (exact) mass is 365 g/mol. The van der Waals surface area contributed by atoms with Gasteiger partial charge in [-0.1, -0.05) is 29.8 Å². The molecule has 25 heavy (non-hydrogen) atoms. The average molecular weight is 366 g/mol. The molecule has 2 aromatic rings. The highest BCUT2D eigenvalue weighted by Crippen LogP contribution is 2.22. The molecule has 0 saturated carbocycles. The van der Waals surface area contributed by atoms with E-state index in [1.807, 2.05) is 25.1 Å². The predicted octanol–water partition coefficient (Wildman–Crippen LogP) is 3.74. The quantitative estimate of drug-likeness (QED) is 0.759. The van der Waals surface area contributed by atoms with E-state index >= 15 is 0 Å². The van der Waals surface area contributed by atoms with Crippen LogP contribution in [-0.2, 0) is 14.3 Å². The van der Waals surface area contributed by atoms with Crippen LogP contribution in [0, 0.1) is 12.7 Å². The smallest absolute Gasteiger partial charge is 0.309 e. The third-order valence-corrected chi connectivity index (χ3v) is 3.54. The Balaban J connectivity index is 1.70. The molecule has 0 bridgehead atoms. The first-order valence-corrected chi connectivity index (χ1v) is 7.92. The van der Waals surface area contributed by atoms with Gasteiger partial charge in [0.25, 0.3) is 5.91 Å². The Labute approximate surface area is 149 Å². The minimum absolute atomic E-state index is 0.0128. The van der Waals surface area contributed by atoms with E-state index < -0.39 is 24.3 Å². The van der Waals surface area contributed by atoms with Gasteiger partial charge in [0, 0.05) is 0 Å². The van der Waals surface area contributed by atoms with Gasteiger partial charge in [-0.3, -0.25) is 9.59 Å². The molecule has 0 aliphatic rings. The molecule has 2 rings (SSSR count). The molecule has 0 unspecified atom stereocenters. The maximum Gasteiger partial charge on any atom is 0.309 e. The molecule has 0 atom stereocenters. The molecule has 2 aromatic carbocycles. The molecule has 5 nitrogen and oxygen atoms in total. The Kier molecular flexibility index (Phi) is 6.77. The van der Waals surface area contributed by atoms with Crippen molar-refractivity contribution in [3.05, 3.63) is 58.9 Å². The van der Waals surface area contributed by atoms with Gasteiger partial charge in [-0.05, 0) is 36.8 Å². The number of hydrogen-bond acceptors (Lipinski definition) is 4. The van der Waals surface area contributed by atoms with Crippen molar-refractivity contribution in [3.8, 4) is 5.75 Å². The van der Waals surface area contributed by atoms with Gasteiger partial charge in [-0.15, -0.1) is 0 Å². The number of benzene rings is 2. The molecule has 0 radical (unpaired) electrons. The molecule has 0 fully saturated rings. The summed E-state index contributed by atoms with van der Waals surface area (Å²) in [5.74, 6) is -0.947. The van der Waals surface area contributed by atoms with Crippen LogP contribution in [0.25, 0.3) is 0 Å². The summed E-state index contributed by atoms with van der Waals surface area (Å²) >= 11 is 5.80. The Hall–Kier alpha value is -2.60. The number of carbonyl (C=O) groups is 2. The zero-order valence-electron chi connectivity index (χ0n) is 13.6. The van der Waals surface area contributed by atoms with E-state index in [-0.39, 0.29) is 23.7 Å². The number of nitrogens with one attached hydrogen (secondary N) is 1. The van der Waals surface area contributed by atoms with Crippen molar-refractivity contribution in [2.45, 2.75) is 13.3 Å². The van der Waals surface area contributed by atoms with Crippen molar-refractivity contribution >= 4 is 29.2 Å². The minimum atomic E-state index is -0.568. The number of carbonyl (C=O) groups excluding carboxylic acids is 2. The van der Waals surface area contributed by atoms with Crippen molar-refractivity contribution in [1.29, 1.82) is 0 Å². The van der Waals surface area contributed by atoms with E-state index in [1.54, 1.807) is 6.07 Å². The Morgan fingerprint density at radius 2 is 1.96 bits per heavy atom. The lowest BCUT2D eigenvalue weighted by atomic mass is 10.2. The Morgan fingerprint density at radius 3 is 2.68 bits per heavy atom. The summed E-state index contributed by atoms with van der Waals surface area (Å²) in [7, 11) is 0. The molecule has 0 aliphatic heterocycles. The van der Waals surface area contributed by atoms with E-state index in [1.165, 1.54) is 6.07 Å². The number of para-hydroxylation sites is 1. The van der Waals surface area contributed by atoms with Crippen LogP contribution >= 0.6 is 11.6 Å². The fourth-order valence-corrected chi connectivity index (χ4v) is 2.17. The van der Waals surface area contributed by atoms with Gasteiger partial charge < -0.3 is 14.8 Å². The molecule has 132 valence electrons. The highest BCUT2D eigenvalue weighted by atomic mass is 35.5. The van der Waals surface area contributed by atoms with Gasteiger partial charge in [0.2, 0.25) is 0 Å². The fourth-order valence-electron chi connectivity index (χ4n) is 1.96. The maximum atomic E-state index is 12.9. The Bertz CT molecular complexity index is 766. The van der Waals surface area contributed by atoms with Crippen molar-refractivity contribution in [1.82, 2.24) is 0 Å². The van der Waals surface area contributed by atoms with Crippen molar-refractivity contribution in [2.75, 3.05) is 18.5 Å². The van der Waals surface area contributed by atoms with Gasteiger partial charge in [-0.25, -0.2) is 4.39 Å². The molecule has 0 spiro atoms. The second-order valence-electron chi connectivity index (χ2n) is 5.20. The summed E-state index contributed by atoms with van der Waals surface area (Å²) in [6.45, 7) is 1.59. The number of anilines is 1. The zero-order valence-corrected chi connectivity index (χ0v) is 14.3. The minimum Gasteiger partial charge on any atom is -0.493 e. The van der Waals surface area contributed by atoms with Crippen LogP contribution < -0.4 is 10.1 Å². The summed E-state index contributed by atoms with van der Waals surface area (Å²) in [4.78, 5) is 23.4. The molecular formula is C18H17ClFNO4. The molecule has 0 aromatic heterocycles. The van der Waals surface area contributed by atoms with Crippen LogP contribution in [0.1, 0.15) is 12.0 Å². The van der Waals surface area contributed by atoms with E-state index in [9.17, 15) is 14.0 Å². The van der Waals surface area contributed by atoms with Gasteiger partial charge in [0.15, 0.2) is 6.61 Å². The largest absolute Gasteiger partial charge is 0.493 e.